The summed E-state index contributed by atoms with van der Waals surface area (Å²) in [6, 6.07) is 5.05. The Morgan fingerprint density at radius 3 is 2.14 bits per heavy atom. The van der Waals surface area contributed by atoms with E-state index in [2.05, 4.69) is 12.2 Å². The molecule has 0 N–H and O–H groups in total. The fourth-order valence-electron chi connectivity index (χ4n) is 7.51. The maximum absolute atomic E-state index is 13.4. The lowest BCUT2D eigenvalue weighted by molar-refractivity contribution is -0.123. The lowest BCUT2D eigenvalue weighted by Gasteiger charge is -2.36. The molecule has 1 saturated heterocycles. The number of fused-ring (bicyclic) bond motifs is 12. The van der Waals surface area contributed by atoms with Crippen molar-refractivity contribution in [2.24, 2.45) is 47.3 Å². The van der Waals surface area contributed by atoms with Crippen LogP contribution in [-0.4, -0.2) is 24.9 Å². The lowest BCUT2D eigenvalue weighted by Crippen LogP contribution is -2.38. The predicted molar refractivity (Wildman–Crippen MR) is 101 cm³/mol. The fraction of sp³-hybridized carbons (Fsp3) is 0.522. The van der Waals surface area contributed by atoms with Gasteiger partial charge in [-0.2, -0.15) is 0 Å². The van der Waals surface area contributed by atoms with Crippen LogP contribution in [0, 0.1) is 54.3 Å². The molecule has 0 spiro atoms. The van der Waals surface area contributed by atoms with Crippen LogP contribution in [0.3, 0.4) is 0 Å². The third-order valence-electron chi connectivity index (χ3n) is 8.30. The monoisotopic (exact) mass is 377 g/mol. The summed E-state index contributed by atoms with van der Waals surface area (Å²) >= 11 is 0. The summed E-state index contributed by atoms with van der Waals surface area (Å²) < 4.78 is 4.77. The Bertz CT molecular complexity index is 923. The Morgan fingerprint density at radius 1 is 1.00 bits per heavy atom. The van der Waals surface area contributed by atoms with E-state index in [0.717, 1.165) is 12.0 Å². The van der Waals surface area contributed by atoms with Crippen LogP contribution < -0.4 is 4.90 Å². The number of methoxy groups -OCH3 is 1. The average Bonchev–Trinajstić information content (AvgIpc) is 3.47. The van der Waals surface area contributed by atoms with E-state index < -0.39 is 5.97 Å². The number of benzene rings is 1. The topological polar surface area (TPSA) is 63.7 Å². The number of carbonyl (C=O) groups excluding carboxylic acids is 3. The van der Waals surface area contributed by atoms with Gasteiger partial charge in [-0.15, -0.1) is 0 Å². The SMILES string of the molecule is COC(=O)c1ccc(N2C(=O)C3C4CC(C3C2=O)C2C3C=CC(C3)C42)c(C)c1. The van der Waals surface area contributed by atoms with Crippen LogP contribution in [0.1, 0.15) is 28.8 Å². The molecule has 28 heavy (non-hydrogen) atoms. The second-order valence-electron chi connectivity index (χ2n) is 9.22. The highest BCUT2D eigenvalue weighted by molar-refractivity contribution is 6.23. The Kier molecular flexibility index (Phi) is 3.15. The number of aryl methyl sites for hydroxylation is 1. The highest BCUT2D eigenvalue weighted by Gasteiger charge is 2.71. The van der Waals surface area contributed by atoms with E-state index in [1.807, 2.05) is 6.92 Å². The molecular weight excluding hydrogens is 354 g/mol. The second kappa shape index (κ2) is 5.34. The zero-order valence-corrected chi connectivity index (χ0v) is 16.0. The van der Waals surface area contributed by atoms with Crippen molar-refractivity contribution in [3.8, 4) is 0 Å². The molecule has 4 aliphatic carbocycles. The summed E-state index contributed by atoms with van der Waals surface area (Å²) in [5, 5.41) is 0. The van der Waals surface area contributed by atoms with Gasteiger partial charge in [0.15, 0.2) is 0 Å². The van der Waals surface area contributed by atoms with Crippen LogP contribution in [0.25, 0.3) is 0 Å². The number of carbonyl (C=O) groups is 3. The van der Waals surface area contributed by atoms with Crippen molar-refractivity contribution in [3.05, 3.63) is 41.5 Å². The van der Waals surface area contributed by atoms with Crippen molar-refractivity contribution in [1.29, 1.82) is 0 Å². The molecule has 1 aromatic carbocycles. The number of rotatable bonds is 2. The van der Waals surface area contributed by atoms with Crippen LogP contribution in [0.15, 0.2) is 30.4 Å². The van der Waals surface area contributed by atoms with Gasteiger partial charge in [0.2, 0.25) is 11.8 Å². The number of anilines is 1. The molecule has 1 heterocycles. The molecule has 8 atom stereocenters. The summed E-state index contributed by atoms with van der Waals surface area (Å²) in [6.07, 6.45) is 6.99. The molecule has 5 aliphatic rings. The Balaban J connectivity index is 1.36. The summed E-state index contributed by atoms with van der Waals surface area (Å²) in [7, 11) is 1.34. The molecule has 3 saturated carbocycles. The summed E-state index contributed by atoms with van der Waals surface area (Å²) in [4.78, 5) is 40.0. The first-order chi connectivity index (χ1) is 13.5. The molecule has 144 valence electrons. The minimum Gasteiger partial charge on any atom is -0.465 e. The zero-order chi connectivity index (χ0) is 19.3. The molecule has 4 bridgehead atoms. The van der Waals surface area contributed by atoms with Crippen LogP contribution >= 0.6 is 0 Å². The smallest absolute Gasteiger partial charge is 0.337 e. The Labute approximate surface area is 163 Å². The third kappa shape index (κ3) is 1.80. The highest BCUT2D eigenvalue weighted by atomic mass is 16.5. The number of hydrogen-bond acceptors (Lipinski definition) is 4. The van der Waals surface area contributed by atoms with E-state index in [0.29, 0.717) is 46.8 Å². The average molecular weight is 377 g/mol. The Hall–Kier alpha value is -2.43. The van der Waals surface area contributed by atoms with Crippen molar-refractivity contribution < 1.29 is 19.1 Å². The van der Waals surface area contributed by atoms with Gasteiger partial charge in [0.1, 0.15) is 0 Å². The predicted octanol–water partition coefficient (Wildman–Crippen LogP) is 2.98. The van der Waals surface area contributed by atoms with Crippen LogP contribution in [0.2, 0.25) is 0 Å². The number of amides is 2. The number of ether oxygens (including phenoxy) is 1. The van der Waals surface area contributed by atoms with Crippen LogP contribution in [0.5, 0.6) is 0 Å². The molecule has 8 unspecified atom stereocenters. The van der Waals surface area contributed by atoms with Gasteiger partial charge in [0.25, 0.3) is 0 Å². The van der Waals surface area contributed by atoms with Gasteiger partial charge in [-0.25, -0.2) is 9.69 Å². The molecule has 2 amide bonds. The van der Waals surface area contributed by atoms with Crippen LogP contribution in [-0.2, 0) is 14.3 Å². The first-order valence-corrected chi connectivity index (χ1v) is 10.3. The van der Waals surface area contributed by atoms with Crippen molar-refractivity contribution in [3.63, 3.8) is 0 Å². The molecule has 0 radical (unpaired) electrons. The largest absolute Gasteiger partial charge is 0.465 e. The highest BCUT2D eigenvalue weighted by Crippen LogP contribution is 2.70. The van der Waals surface area contributed by atoms with Gasteiger partial charge in [0, 0.05) is 0 Å². The third-order valence-corrected chi connectivity index (χ3v) is 8.30. The molecule has 0 aromatic heterocycles. The van der Waals surface area contributed by atoms with E-state index in [9.17, 15) is 14.4 Å². The minimum atomic E-state index is -0.417. The first kappa shape index (κ1) is 16.5. The van der Waals surface area contributed by atoms with Crippen LogP contribution in [0.4, 0.5) is 5.69 Å². The standard InChI is InChI=1S/C23H23NO4/c1-10-7-13(23(27)28-2)5-6-16(10)24-21(25)19-14-9-15(20(19)22(24)26)18-12-4-3-11(8-12)17(14)18/h3-7,11-12,14-15,17-20H,8-9H2,1-2H3. The summed E-state index contributed by atoms with van der Waals surface area (Å²) in [6.45, 7) is 1.84. The van der Waals surface area contributed by atoms with Gasteiger partial charge in [-0.1, -0.05) is 12.2 Å². The molecule has 1 aromatic rings. The number of esters is 1. The normalized spacial score (nSPS) is 41.7. The number of allylic oxidation sites excluding steroid dienone is 2. The van der Waals surface area contributed by atoms with E-state index in [4.69, 9.17) is 4.74 Å². The van der Waals surface area contributed by atoms with E-state index in [1.54, 1.807) is 18.2 Å². The Morgan fingerprint density at radius 2 is 1.61 bits per heavy atom. The number of hydrogen-bond donors (Lipinski definition) is 0. The van der Waals surface area contributed by atoms with Gasteiger partial charge in [-0.05, 0) is 79.0 Å². The molecule has 1 aliphatic heterocycles. The van der Waals surface area contributed by atoms with Crippen molar-refractivity contribution in [2.75, 3.05) is 12.0 Å². The number of imide groups is 1. The molecule has 4 fully saturated rings. The maximum atomic E-state index is 13.4. The minimum absolute atomic E-state index is 0.0263. The van der Waals surface area contributed by atoms with E-state index in [1.165, 1.54) is 18.4 Å². The number of nitrogens with zero attached hydrogens (tertiary/aromatic N) is 1. The molecule has 5 heteroatoms. The first-order valence-electron chi connectivity index (χ1n) is 10.3. The summed E-state index contributed by atoms with van der Waals surface area (Å²) in [5.41, 5.74) is 1.79. The van der Waals surface area contributed by atoms with Crippen molar-refractivity contribution >= 4 is 23.5 Å². The molecule has 6 rings (SSSR count). The van der Waals surface area contributed by atoms with E-state index >= 15 is 0 Å². The molecular formula is C23H23NO4. The van der Waals surface area contributed by atoms with Gasteiger partial charge in [-0.3, -0.25) is 9.59 Å². The van der Waals surface area contributed by atoms with Crippen molar-refractivity contribution in [2.45, 2.75) is 19.8 Å². The molecule has 5 nitrogen and oxygen atoms in total. The second-order valence-corrected chi connectivity index (χ2v) is 9.22. The lowest BCUT2D eigenvalue weighted by atomic mass is 9.65. The quantitative estimate of drug-likeness (QED) is 0.344. The summed E-state index contributed by atoms with van der Waals surface area (Å²) in [5.74, 6) is 2.38. The van der Waals surface area contributed by atoms with Gasteiger partial charge < -0.3 is 4.74 Å². The zero-order valence-electron chi connectivity index (χ0n) is 16.0. The fourth-order valence-corrected chi connectivity index (χ4v) is 7.51. The maximum Gasteiger partial charge on any atom is 0.337 e. The van der Waals surface area contributed by atoms with Gasteiger partial charge in [0.05, 0.1) is 30.2 Å². The van der Waals surface area contributed by atoms with E-state index in [-0.39, 0.29) is 23.7 Å². The van der Waals surface area contributed by atoms with Gasteiger partial charge >= 0.3 is 5.97 Å². The van der Waals surface area contributed by atoms with Crippen molar-refractivity contribution in [1.82, 2.24) is 0 Å².